The Hall–Kier alpha value is -0.680. The Bertz CT molecular complexity index is 265. The number of unbranched alkanes of at least 4 members (excludes halogenated alkanes) is 1. The Morgan fingerprint density at radius 1 is 1.50 bits per heavy atom. The smallest absolute Gasteiger partial charge is 0.469 e. The van der Waals surface area contributed by atoms with Crippen LogP contribution in [0.2, 0.25) is 0 Å². The van der Waals surface area contributed by atoms with Crippen molar-refractivity contribution in [2.24, 2.45) is 0 Å². The summed E-state index contributed by atoms with van der Waals surface area (Å²) in [6.07, 6.45) is 2.26. The van der Waals surface area contributed by atoms with Crippen LogP contribution in [0.1, 0.15) is 19.8 Å². The SMILES string of the molecule is CC(=CCCCOP(=O)(O)O)C(=O)O. The van der Waals surface area contributed by atoms with Gasteiger partial charge in [0.25, 0.3) is 0 Å². The van der Waals surface area contributed by atoms with Crippen molar-refractivity contribution < 1.29 is 28.8 Å². The lowest BCUT2D eigenvalue weighted by atomic mass is 10.2. The van der Waals surface area contributed by atoms with Crippen LogP contribution in [0, 0.1) is 0 Å². The normalized spacial score (nSPS) is 12.9. The van der Waals surface area contributed by atoms with E-state index in [-0.39, 0.29) is 12.2 Å². The molecular weight excluding hydrogens is 211 g/mol. The van der Waals surface area contributed by atoms with E-state index >= 15 is 0 Å². The summed E-state index contributed by atoms with van der Waals surface area (Å²) in [6.45, 7) is 1.36. The summed E-state index contributed by atoms with van der Waals surface area (Å²) in [5.74, 6) is -0.999. The number of carboxylic acid groups (broad SMARTS) is 1. The first-order valence-electron chi connectivity index (χ1n) is 3.93. The summed E-state index contributed by atoms with van der Waals surface area (Å²) in [4.78, 5) is 26.9. The predicted octanol–water partition coefficient (Wildman–Crippen LogP) is 0.907. The van der Waals surface area contributed by atoms with E-state index < -0.39 is 13.8 Å². The summed E-state index contributed by atoms with van der Waals surface area (Å²) in [6, 6.07) is 0. The van der Waals surface area contributed by atoms with Crippen LogP contribution in [0.25, 0.3) is 0 Å². The van der Waals surface area contributed by atoms with Crippen molar-refractivity contribution in [3.63, 3.8) is 0 Å². The van der Waals surface area contributed by atoms with Gasteiger partial charge in [-0.1, -0.05) is 6.08 Å². The molecule has 0 unspecified atom stereocenters. The molecule has 0 saturated carbocycles. The van der Waals surface area contributed by atoms with Crippen LogP contribution in [0.3, 0.4) is 0 Å². The van der Waals surface area contributed by atoms with E-state index in [4.69, 9.17) is 14.9 Å². The van der Waals surface area contributed by atoms with Crippen LogP contribution >= 0.6 is 7.82 Å². The van der Waals surface area contributed by atoms with E-state index in [0.29, 0.717) is 12.8 Å². The van der Waals surface area contributed by atoms with Crippen LogP contribution in [-0.2, 0) is 13.9 Å². The molecule has 0 aliphatic carbocycles. The maximum atomic E-state index is 10.3. The number of rotatable bonds is 6. The second-order valence-electron chi connectivity index (χ2n) is 2.66. The van der Waals surface area contributed by atoms with Crippen LogP contribution < -0.4 is 0 Å². The summed E-state index contributed by atoms with van der Waals surface area (Å²) in [5, 5.41) is 8.44. The van der Waals surface area contributed by atoms with Crippen molar-refractivity contribution in [2.75, 3.05) is 6.61 Å². The summed E-state index contributed by atoms with van der Waals surface area (Å²) >= 11 is 0. The molecule has 0 rings (SSSR count). The molecule has 3 N–H and O–H groups in total. The Kier molecular flexibility index (Phi) is 5.64. The maximum Gasteiger partial charge on any atom is 0.469 e. The molecule has 82 valence electrons. The topological polar surface area (TPSA) is 104 Å². The second kappa shape index (κ2) is 5.93. The van der Waals surface area contributed by atoms with Gasteiger partial charge in [0, 0.05) is 5.57 Å². The van der Waals surface area contributed by atoms with E-state index in [1.807, 2.05) is 0 Å². The molecule has 6 nitrogen and oxygen atoms in total. The molecule has 0 aromatic heterocycles. The fourth-order valence-corrected chi connectivity index (χ4v) is 1.04. The van der Waals surface area contributed by atoms with Crippen molar-refractivity contribution in [1.82, 2.24) is 0 Å². The van der Waals surface area contributed by atoms with Gasteiger partial charge in [-0.2, -0.15) is 0 Å². The molecule has 0 bridgehead atoms. The summed E-state index contributed by atoms with van der Waals surface area (Å²) < 4.78 is 14.4. The molecule has 0 radical (unpaired) electrons. The molecule has 0 atom stereocenters. The highest BCUT2D eigenvalue weighted by atomic mass is 31.2. The van der Waals surface area contributed by atoms with E-state index in [1.54, 1.807) is 0 Å². The van der Waals surface area contributed by atoms with E-state index in [2.05, 4.69) is 4.52 Å². The van der Waals surface area contributed by atoms with Gasteiger partial charge in [0.15, 0.2) is 0 Å². The fraction of sp³-hybridized carbons (Fsp3) is 0.571. The van der Waals surface area contributed by atoms with Crippen molar-refractivity contribution in [3.8, 4) is 0 Å². The second-order valence-corrected chi connectivity index (χ2v) is 3.90. The molecule has 0 amide bonds. The van der Waals surface area contributed by atoms with Gasteiger partial charge < -0.3 is 14.9 Å². The molecule has 0 aromatic rings. The first-order valence-corrected chi connectivity index (χ1v) is 5.46. The minimum atomic E-state index is -4.39. The molecule has 0 fully saturated rings. The van der Waals surface area contributed by atoms with Gasteiger partial charge in [-0.15, -0.1) is 0 Å². The van der Waals surface area contributed by atoms with E-state index in [9.17, 15) is 9.36 Å². The van der Waals surface area contributed by atoms with Gasteiger partial charge >= 0.3 is 13.8 Å². The number of aliphatic carboxylic acids is 1. The van der Waals surface area contributed by atoms with Crippen LogP contribution in [-0.4, -0.2) is 27.5 Å². The first kappa shape index (κ1) is 13.3. The highest BCUT2D eigenvalue weighted by Gasteiger charge is 2.12. The monoisotopic (exact) mass is 224 g/mol. The number of hydrogen-bond donors (Lipinski definition) is 3. The fourth-order valence-electron chi connectivity index (χ4n) is 0.673. The summed E-state index contributed by atoms with van der Waals surface area (Å²) in [5.41, 5.74) is 0.209. The standard InChI is InChI=1S/C7H13O6P/c1-6(7(8)9)4-2-3-5-13-14(10,11)12/h4H,2-3,5H2,1H3,(H,8,9)(H2,10,11,12). The average Bonchev–Trinajstić information content (AvgIpc) is 2.01. The zero-order chi connectivity index (χ0) is 11.2. The van der Waals surface area contributed by atoms with Crippen molar-refractivity contribution >= 4 is 13.8 Å². The highest BCUT2D eigenvalue weighted by Crippen LogP contribution is 2.35. The number of allylic oxidation sites excluding steroid dienone is 1. The lowest BCUT2D eigenvalue weighted by Crippen LogP contribution is -1.96. The number of hydrogen-bond acceptors (Lipinski definition) is 3. The number of carbonyl (C=O) groups is 1. The molecule has 0 spiro atoms. The summed E-state index contributed by atoms with van der Waals surface area (Å²) in [7, 11) is -4.39. The third-order valence-electron chi connectivity index (χ3n) is 1.40. The molecule has 0 aliphatic heterocycles. The molecule has 0 saturated heterocycles. The van der Waals surface area contributed by atoms with Crippen molar-refractivity contribution in [3.05, 3.63) is 11.6 Å². The van der Waals surface area contributed by atoms with E-state index in [1.165, 1.54) is 13.0 Å². The van der Waals surface area contributed by atoms with Gasteiger partial charge in [0.05, 0.1) is 6.61 Å². The number of phosphoric acid groups is 1. The molecular formula is C7H13O6P. The Labute approximate surface area is 81.4 Å². The Morgan fingerprint density at radius 2 is 2.07 bits per heavy atom. The van der Waals surface area contributed by atoms with Crippen LogP contribution in [0.5, 0.6) is 0 Å². The zero-order valence-corrected chi connectivity index (χ0v) is 8.61. The molecule has 7 heteroatoms. The lowest BCUT2D eigenvalue weighted by Gasteiger charge is -2.03. The zero-order valence-electron chi connectivity index (χ0n) is 7.71. The average molecular weight is 224 g/mol. The molecule has 14 heavy (non-hydrogen) atoms. The third-order valence-corrected chi connectivity index (χ3v) is 1.91. The Balaban J connectivity index is 3.62. The van der Waals surface area contributed by atoms with Crippen LogP contribution in [0.15, 0.2) is 11.6 Å². The van der Waals surface area contributed by atoms with Gasteiger partial charge in [-0.25, -0.2) is 9.36 Å². The first-order chi connectivity index (χ1) is 6.33. The van der Waals surface area contributed by atoms with Crippen molar-refractivity contribution in [2.45, 2.75) is 19.8 Å². The van der Waals surface area contributed by atoms with Gasteiger partial charge in [-0.3, -0.25) is 4.52 Å². The van der Waals surface area contributed by atoms with Gasteiger partial charge in [0.2, 0.25) is 0 Å². The highest BCUT2D eigenvalue weighted by molar-refractivity contribution is 7.46. The minimum absolute atomic E-state index is 0.0896. The largest absolute Gasteiger partial charge is 0.478 e. The molecule has 0 aliphatic rings. The van der Waals surface area contributed by atoms with Crippen LogP contribution in [0.4, 0.5) is 0 Å². The Morgan fingerprint density at radius 3 is 2.50 bits per heavy atom. The number of carboxylic acids is 1. The maximum absolute atomic E-state index is 10.3. The lowest BCUT2D eigenvalue weighted by molar-refractivity contribution is -0.132. The third kappa shape index (κ3) is 7.94. The quantitative estimate of drug-likeness (QED) is 0.352. The molecule has 0 heterocycles. The van der Waals surface area contributed by atoms with Gasteiger partial charge in [0.1, 0.15) is 0 Å². The van der Waals surface area contributed by atoms with E-state index in [0.717, 1.165) is 0 Å². The number of phosphoric ester groups is 1. The van der Waals surface area contributed by atoms with Crippen molar-refractivity contribution in [1.29, 1.82) is 0 Å². The molecule has 0 aromatic carbocycles. The predicted molar refractivity (Wildman–Crippen MR) is 48.6 cm³/mol. The minimum Gasteiger partial charge on any atom is -0.478 e. The van der Waals surface area contributed by atoms with Gasteiger partial charge in [-0.05, 0) is 19.8 Å².